The van der Waals surface area contributed by atoms with E-state index in [-0.39, 0.29) is 19.0 Å². The molecule has 0 spiro atoms. The van der Waals surface area contributed by atoms with Gasteiger partial charge < -0.3 is 15.5 Å². The van der Waals surface area contributed by atoms with Crippen LogP contribution in [0.1, 0.15) is 11.4 Å². The number of aryl methyl sites for hydroxylation is 2. The molecule has 0 radical (unpaired) electrons. The van der Waals surface area contributed by atoms with Crippen molar-refractivity contribution in [2.24, 2.45) is 7.05 Å². The average Bonchev–Trinajstić information content (AvgIpc) is 2.81. The molecule has 1 unspecified atom stereocenters. The van der Waals surface area contributed by atoms with Crippen LogP contribution < -0.4 is 15.5 Å². The lowest BCUT2D eigenvalue weighted by atomic mass is 10.2. The molecule has 3 N–H and O–H groups in total. The van der Waals surface area contributed by atoms with Crippen LogP contribution in [0.4, 0.5) is 24.5 Å². The number of hydrogen-bond donors (Lipinski definition) is 3. The van der Waals surface area contributed by atoms with Crippen LogP contribution in [-0.2, 0) is 16.6 Å². The number of benzene rings is 1. The number of nitrogens with zero attached hydrogens (tertiary/aromatic N) is 2. The molecule has 0 saturated heterocycles. The van der Waals surface area contributed by atoms with Crippen LogP contribution >= 0.6 is 0 Å². The molecule has 0 bridgehead atoms. The Bertz CT molecular complexity index is 882. The summed E-state index contributed by atoms with van der Waals surface area (Å²) in [7, 11) is 3.36. The molecule has 0 saturated carbocycles. The Kier molecular flexibility index (Phi) is 6.21. The van der Waals surface area contributed by atoms with Crippen molar-refractivity contribution in [2.75, 3.05) is 30.8 Å². The summed E-state index contributed by atoms with van der Waals surface area (Å²) in [5, 5.41) is 9.11. The first-order valence-corrected chi connectivity index (χ1v) is 8.14. The second-order valence-corrected chi connectivity index (χ2v) is 6.30. The molecule has 2 amide bonds. The molecular formula is C17H21F3N5O2+. The van der Waals surface area contributed by atoms with Crippen molar-refractivity contribution in [3.8, 4) is 0 Å². The fourth-order valence-corrected chi connectivity index (χ4v) is 2.57. The van der Waals surface area contributed by atoms with Crippen molar-refractivity contribution in [3.05, 3.63) is 41.0 Å². The van der Waals surface area contributed by atoms with E-state index in [4.69, 9.17) is 0 Å². The number of quaternary nitrogens is 1. The second kappa shape index (κ2) is 8.21. The fourth-order valence-electron chi connectivity index (χ4n) is 2.57. The van der Waals surface area contributed by atoms with Gasteiger partial charge in [-0.25, -0.2) is 13.2 Å². The van der Waals surface area contributed by atoms with Gasteiger partial charge in [0, 0.05) is 7.05 Å². The fraction of sp³-hybridized carbons (Fsp3) is 0.353. The third kappa shape index (κ3) is 4.85. The van der Waals surface area contributed by atoms with Gasteiger partial charge in [-0.3, -0.25) is 14.3 Å². The number of likely N-dealkylation sites (N-methyl/N-ethyl adjacent to an activating group) is 1. The zero-order valence-corrected chi connectivity index (χ0v) is 15.4. The Morgan fingerprint density at radius 2 is 1.67 bits per heavy atom. The lowest BCUT2D eigenvalue weighted by molar-refractivity contribution is -0.862. The zero-order chi connectivity index (χ0) is 20.3. The minimum Gasteiger partial charge on any atom is -0.322 e. The van der Waals surface area contributed by atoms with Crippen LogP contribution in [0.25, 0.3) is 0 Å². The van der Waals surface area contributed by atoms with Gasteiger partial charge in [0.1, 0.15) is 0 Å². The molecule has 0 aliphatic heterocycles. The van der Waals surface area contributed by atoms with E-state index in [9.17, 15) is 22.8 Å². The van der Waals surface area contributed by atoms with Crippen molar-refractivity contribution in [1.29, 1.82) is 0 Å². The SMILES string of the molecule is Cc1nn(C)c(C)c1NC(=O)C[NH+](C)CC(=O)Nc1ccc(F)c(F)c1F. The average molecular weight is 384 g/mol. The van der Waals surface area contributed by atoms with Gasteiger partial charge in [-0.2, -0.15) is 5.10 Å². The topological polar surface area (TPSA) is 80.5 Å². The normalized spacial score (nSPS) is 12.0. The molecule has 1 aromatic heterocycles. The van der Waals surface area contributed by atoms with Gasteiger partial charge in [0.25, 0.3) is 11.8 Å². The van der Waals surface area contributed by atoms with Gasteiger partial charge in [-0.05, 0) is 26.0 Å². The van der Waals surface area contributed by atoms with Gasteiger partial charge in [-0.15, -0.1) is 0 Å². The lowest BCUT2D eigenvalue weighted by Gasteiger charge is -2.14. The molecular weight excluding hydrogens is 363 g/mol. The predicted molar refractivity (Wildman–Crippen MR) is 92.9 cm³/mol. The maximum atomic E-state index is 13.6. The highest BCUT2D eigenvalue weighted by Crippen LogP contribution is 2.19. The summed E-state index contributed by atoms with van der Waals surface area (Å²) in [6, 6.07) is 1.65. The van der Waals surface area contributed by atoms with Crippen LogP contribution in [-0.4, -0.2) is 41.7 Å². The maximum Gasteiger partial charge on any atom is 0.279 e. The first kappa shape index (κ1) is 20.4. The number of nitrogens with one attached hydrogen (secondary N) is 3. The van der Waals surface area contributed by atoms with Gasteiger partial charge >= 0.3 is 0 Å². The van der Waals surface area contributed by atoms with Crippen molar-refractivity contribution in [1.82, 2.24) is 9.78 Å². The molecule has 0 aliphatic rings. The van der Waals surface area contributed by atoms with Gasteiger partial charge in [0.15, 0.2) is 30.5 Å². The molecule has 10 heteroatoms. The highest BCUT2D eigenvalue weighted by molar-refractivity contribution is 5.93. The summed E-state index contributed by atoms with van der Waals surface area (Å²) in [4.78, 5) is 24.6. The second-order valence-electron chi connectivity index (χ2n) is 6.30. The van der Waals surface area contributed by atoms with Crippen LogP contribution in [0.3, 0.4) is 0 Å². The number of amides is 2. The standard InChI is InChI=1S/C17H20F3N5O2/c1-9-17(10(2)25(4)23-9)22-14(27)8-24(3)7-13(26)21-12-6-5-11(18)15(19)16(12)20/h5-6H,7-8H2,1-4H3,(H,21,26)(H,22,27)/p+1. The van der Waals surface area contributed by atoms with E-state index in [2.05, 4.69) is 15.7 Å². The highest BCUT2D eigenvalue weighted by atomic mass is 19.2. The van der Waals surface area contributed by atoms with E-state index in [0.29, 0.717) is 16.3 Å². The Hall–Kier alpha value is -2.88. The molecule has 1 heterocycles. The third-order valence-electron chi connectivity index (χ3n) is 4.01. The number of rotatable bonds is 6. The summed E-state index contributed by atoms with van der Waals surface area (Å²) in [6.45, 7) is 3.39. The molecule has 1 aromatic carbocycles. The van der Waals surface area contributed by atoms with Crippen molar-refractivity contribution in [2.45, 2.75) is 13.8 Å². The van der Waals surface area contributed by atoms with Crippen LogP contribution in [0.15, 0.2) is 12.1 Å². The van der Waals surface area contributed by atoms with Crippen molar-refractivity contribution >= 4 is 23.2 Å². The first-order chi connectivity index (χ1) is 12.6. The number of carbonyl (C=O) groups is 2. The number of hydrogen-bond acceptors (Lipinski definition) is 3. The molecule has 0 aliphatic carbocycles. The van der Waals surface area contributed by atoms with E-state index in [1.165, 1.54) is 0 Å². The lowest BCUT2D eigenvalue weighted by Crippen LogP contribution is -3.11. The van der Waals surface area contributed by atoms with E-state index in [1.807, 2.05) is 6.92 Å². The monoisotopic (exact) mass is 384 g/mol. The minimum atomic E-state index is -1.66. The predicted octanol–water partition coefficient (Wildman–Crippen LogP) is 0.546. The van der Waals surface area contributed by atoms with E-state index >= 15 is 0 Å². The smallest absolute Gasteiger partial charge is 0.279 e. The summed E-state index contributed by atoms with van der Waals surface area (Å²) < 4.78 is 41.3. The van der Waals surface area contributed by atoms with Crippen molar-refractivity contribution < 1.29 is 27.7 Å². The summed E-state index contributed by atoms with van der Waals surface area (Å²) in [5.74, 6) is -5.43. The molecule has 7 nitrogen and oxygen atoms in total. The van der Waals surface area contributed by atoms with Gasteiger partial charge in [-0.1, -0.05) is 0 Å². The Morgan fingerprint density at radius 1 is 1.07 bits per heavy atom. The summed E-state index contributed by atoms with van der Waals surface area (Å²) in [6.07, 6.45) is 0. The molecule has 27 heavy (non-hydrogen) atoms. The Labute approximate surface area is 154 Å². The number of aromatic nitrogens is 2. The first-order valence-electron chi connectivity index (χ1n) is 8.14. The Morgan fingerprint density at radius 3 is 2.22 bits per heavy atom. The van der Waals surface area contributed by atoms with Crippen LogP contribution in [0.5, 0.6) is 0 Å². The van der Waals surface area contributed by atoms with Gasteiger partial charge in [0.05, 0.1) is 29.8 Å². The Balaban J connectivity index is 1.91. The number of carbonyl (C=O) groups excluding carboxylic acids is 2. The van der Waals surface area contributed by atoms with E-state index in [0.717, 1.165) is 17.8 Å². The highest BCUT2D eigenvalue weighted by Gasteiger charge is 2.19. The summed E-state index contributed by atoms with van der Waals surface area (Å²) >= 11 is 0. The molecule has 0 fully saturated rings. The van der Waals surface area contributed by atoms with Crippen molar-refractivity contribution in [3.63, 3.8) is 0 Å². The summed E-state index contributed by atoms with van der Waals surface area (Å²) in [5.41, 5.74) is 1.62. The van der Waals surface area contributed by atoms with Gasteiger partial charge in [0.2, 0.25) is 0 Å². The quantitative estimate of drug-likeness (QED) is 0.637. The zero-order valence-electron chi connectivity index (χ0n) is 15.4. The van der Waals surface area contributed by atoms with E-state index in [1.54, 1.807) is 25.7 Å². The maximum absolute atomic E-state index is 13.6. The molecule has 2 aromatic rings. The molecule has 1 atom stereocenters. The number of halogens is 3. The van der Waals surface area contributed by atoms with Crippen LogP contribution in [0.2, 0.25) is 0 Å². The largest absolute Gasteiger partial charge is 0.322 e. The third-order valence-corrected chi connectivity index (χ3v) is 4.01. The van der Waals surface area contributed by atoms with Crippen LogP contribution in [0, 0.1) is 31.3 Å². The molecule has 146 valence electrons. The molecule has 2 rings (SSSR count). The number of anilines is 2. The minimum absolute atomic E-state index is 0.0263. The van der Waals surface area contributed by atoms with E-state index < -0.39 is 29.0 Å².